The zero-order chi connectivity index (χ0) is 19.9. The van der Waals surface area contributed by atoms with E-state index in [2.05, 4.69) is 6.92 Å². The van der Waals surface area contributed by atoms with Crippen LogP contribution in [0, 0.1) is 34.5 Å². The fraction of sp³-hybridized carbons (Fsp3) is 1.00. The van der Waals surface area contributed by atoms with Gasteiger partial charge < -0.3 is 30.6 Å². The van der Waals surface area contributed by atoms with E-state index in [0.717, 1.165) is 18.8 Å². The van der Waals surface area contributed by atoms with Crippen molar-refractivity contribution >= 4 is 0 Å². The third kappa shape index (κ3) is 2.41. The quantitative estimate of drug-likeness (QED) is 0.401. The summed E-state index contributed by atoms with van der Waals surface area (Å²) in [4.78, 5) is 0. The molecule has 1 unspecified atom stereocenters. The lowest BCUT2D eigenvalue weighted by Gasteiger charge is -2.62. The first-order valence-corrected chi connectivity index (χ1v) is 10.7. The standard InChI is InChI=1S/C21H36O6/c1-17-10-4-3-5-13(17)6-7-14-15(17)8-11-18(2)16(14)9-12-19(18,22)20(23,24)21(25,26)27/h13-16,22-27H,3-12H2,1-2H3/t13?,14-,15+,16+,17+,18+,19-/m1/s1. The first-order valence-electron chi connectivity index (χ1n) is 10.7. The van der Waals surface area contributed by atoms with Gasteiger partial charge in [-0.3, -0.25) is 0 Å². The van der Waals surface area contributed by atoms with E-state index in [-0.39, 0.29) is 12.3 Å². The monoisotopic (exact) mass is 384 g/mol. The fourth-order valence-electron chi connectivity index (χ4n) is 8.16. The van der Waals surface area contributed by atoms with Gasteiger partial charge in [-0.1, -0.05) is 26.7 Å². The minimum atomic E-state index is -3.77. The summed E-state index contributed by atoms with van der Waals surface area (Å²) in [5.41, 5.74) is -2.72. The summed E-state index contributed by atoms with van der Waals surface area (Å²) < 4.78 is 0. The molecule has 0 aliphatic heterocycles. The van der Waals surface area contributed by atoms with Crippen LogP contribution in [0.15, 0.2) is 0 Å². The summed E-state index contributed by atoms with van der Waals surface area (Å²) in [6.07, 6.45) is 9.58. The van der Waals surface area contributed by atoms with E-state index in [1.165, 1.54) is 32.1 Å². The van der Waals surface area contributed by atoms with E-state index in [0.29, 0.717) is 30.1 Å². The largest absolute Gasteiger partial charge is 0.383 e. The van der Waals surface area contributed by atoms with Gasteiger partial charge in [0.1, 0.15) is 5.60 Å². The van der Waals surface area contributed by atoms with Crippen LogP contribution in [0.3, 0.4) is 0 Å². The van der Waals surface area contributed by atoms with Gasteiger partial charge in [-0.15, -0.1) is 0 Å². The molecule has 6 nitrogen and oxygen atoms in total. The van der Waals surface area contributed by atoms with E-state index in [1.807, 2.05) is 6.92 Å². The van der Waals surface area contributed by atoms with Crippen LogP contribution in [0.2, 0.25) is 0 Å². The van der Waals surface area contributed by atoms with E-state index in [9.17, 15) is 30.6 Å². The molecule has 6 heteroatoms. The highest BCUT2D eigenvalue weighted by Gasteiger charge is 2.74. The Morgan fingerprint density at radius 3 is 2.07 bits per heavy atom. The van der Waals surface area contributed by atoms with Gasteiger partial charge in [0, 0.05) is 5.41 Å². The van der Waals surface area contributed by atoms with Crippen molar-refractivity contribution in [1.82, 2.24) is 0 Å². The van der Waals surface area contributed by atoms with Gasteiger partial charge in [0.05, 0.1) is 0 Å². The number of hydrogen-bond acceptors (Lipinski definition) is 6. The smallest absolute Gasteiger partial charge is 0.335 e. The highest BCUT2D eigenvalue weighted by molar-refractivity contribution is 5.18. The fourth-order valence-corrected chi connectivity index (χ4v) is 8.16. The second-order valence-electron chi connectivity index (χ2n) is 10.6. The number of hydrogen-bond donors (Lipinski definition) is 6. The SMILES string of the molecule is C[C@]12CCCCC1CC[C@@H]1[C@@H]2CC[C@@]2(C)[C@H]1CC[C@]2(O)C(O)(O)C(O)(O)O. The molecule has 0 aromatic heterocycles. The van der Waals surface area contributed by atoms with Crippen LogP contribution >= 0.6 is 0 Å². The van der Waals surface area contributed by atoms with Gasteiger partial charge in [-0.2, -0.15) is 0 Å². The summed E-state index contributed by atoms with van der Waals surface area (Å²) in [5.74, 6) is -5.34. The maximum Gasteiger partial charge on any atom is 0.335 e. The van der Waals surface area contributed by atoms with E-state index in [4.69, 9.17) is 0 Å². The molecule has 4 saturated carbocycles. The highest BCUT2D eigenvalue weighted by Crippen LogP contribution is 2.69. The Hall–Kier alpha value is -0.240. The van der Waals surface area contributed by atoms with Crippen LogP contribution < -0.4 is 0 Å². The molecule has 4 fully saturated rings. The van der Waals surface area contributed by atoms with Crippen molar-refractivity contribution in [3.8, 4) is 0 Å². The molecule has 0 aromatic carbocycles. The molecule has 6 N–H and O–H groups in total. The van der Waals surface area contributed by atoms with Crippen molar-refractivity contribution in [3.63, 3.8) is 0 Å². The lowest BCUT2D eigenvalue weighted by molar-refractivity contribution is -0.491. The van der Waals surface area contributed by atoms with Gasteiger partial charge in [-0.25, -0.2) is 0 Å². The molecule has 0 radical (unpaired) electrons. The van der Waals surface area contributed by atoms with E-state index < -0.39 is 22.8 Å². The van der Waals surface area contributed by atoms with Crippen molar-refractivity contribution < 1.29 is 30.6 Å². The lowest BCUT2D eigenvalue weighted by Crippen LogP contribution is -2.73. The number of fused-ring (bicyclic) bond motifs is 5. The van der Waals surface area contributed by atoms with Crippen LogP contribution in [0.4, 0.5) is 0 Å². The Bertz CT molecular complexity index is 600. The normalized spacial score (nSPS) is 50.7. The zero-order valence-electron chi connectivity index (χ0n) is 16.6. The van der Waals surface area contributed by atoms with Crippen molar-refractivity contribution in [3.05, 3.63) is 0 Å². The summed E-state index contributed by atoms with van der Waals surface area (Å²) in [7, 11) is 0. The third-order valence-corrected chi connectivity index (χ3v) is 9.78. The van der Waals surface area contributed by atoms with Crippen molar-refractivity contribution in [2.75, 3.05) is 0 Å². The molecular formula is C21H36O6. The molecule has 0 amide bonds. The molecule has 0 spiro atoms. The molecule has 4 aliphatic rings. The Labute approximate surface area is 161 Å². The predicted octanol–water partition coefficient (Wildman–Crippen LogP) is 1.46. The Kier molecular flexibility index (Phi) is 4.38. The van der Waals surface area contributed by atoms with E-state index >= 15 is 0 Å². The summed E-state index contributed by atoms with van der Waals surface area (Å²) in [5, 5.41) is 60.8. The van der Waals surface area contributed by atoms with Crippen molar-refractivity contribution in [2.45, 2.75) is 95.4 Å². The van der Waals surface area contributed by atoms with E-state index in [1.54, 1.807) is 0 Å². The van der Waals surface area contributed by atoms with Crippen LogP contribution in [-0.2, 0) is 0 Å². The maximum atomic E-state index is 11.3. The molecule has 156 valence electrons. The highest BCUT2D eigenvalue weighted by atomic mass is 16.7. The number of rotatable bonds is 2. The van der Waals surface area contributed by atoms with Crippen LogP contribution in [0.25, 0.3) is 0 Å². The topological polar surface area (TPSA) is 121 Å². The average molecular weight is 385 g/mol. The zero-order valence-corrected chi connectivity index (χ0v) is 16.6. The van der Waals surface area contributed by atoms with Crippen LogP contribution in [0.1, 0.15) is 78.1 Å². The lowest BCUT2D eigenvalue weighted by atomic mass is 9.44. The molecule has 0 heterocycles. The number of aliphatic hydroxyl groups is 6. The maximum absolute atomic E-state index is 11.3. The van der Waals surface area contributed by atoms with Crippen LogP contribution in [0.5, 0.6) is 0 Å². The second-order valence-corrected chi connectivity index (χ2v) is 10.6. The molecule has 4 aliphatic carbocycles. The molecular weight excluding hydrogens is 348 g/mol. The molecule has 27 heavy (non-hydrogen) atoms. The molecule has 0 aromatic rings. The Morgan fingerprint density at radius 1 is 0.741 bits per heavy atom. The van der Waals surface area contributed by atoms with Gasteiger partial charge in [-0.05, 0) is 80.5 Å². The molecule has 7 atom stereocenters. The summed E-state index contributed by atoms with van der Waals surface area (Å²) in [6, 6.07) is 0. The van der Waals surface area contributed by atoms with Gasteiger partial charge in [0.2, 0.25) is 0 Å². The van der Waals surface area contributed by atoms with Crippen molar-refractivity contribution in [1.29, 1.82) is 0 Å². The summed E-state index contributed by atoms with van der Waals surface area (Å²) >= 11 is 0. The third-order valence-electron chi connectivity index (χ3n) is 9.78. The molecule has 0 saturated heterocycles. The summed E-state index contributed by atoms with van der Waals surface area (Å²) in [6.45, 7) is 4.28. The van der Waals surface area contributed by atoms with Crippen LogP contribution in [-0.4, -0.2) is 48.0 Å². The Morgan fingerprint density at radius 2 is 1.41 bits per heavy atom. The molecule has 4 rings (SSSR count). The Balaban J connectivity index is 1.68. The average Bonchev–Trinajstić information content (AvgIpc) is 2.86. The molecule has 0 bridgehead atoms. The second kappa shape index (κ2) is 5.89. The first-order chi connectivity index (χ1) is 12.4. The predicted molar refractivity (Wildman–Crippen MR) is 97.8 cm³/mol. The van der Waals surface area contributed by atoms with Crippen molar-refractivity contribution in [2.24, 2.45) is 34.5 Å². The first kappa shape index (κ1) is 20.0. The minimum Gasteiger partial charge on any atom is -0.383 e. The van der Waals surface area contributed by atoms with Gasteiger partial charge in [0.15, 0.2) is 0 Å². The van der Waals surface area contributed by atoms with Gasteiger partial charge >= 0.3 is 5.97 Å². The van der Waals surface area contributed by atoms with Gasteiger partial charge in [0.25, 0.3) is 5.79 Å². The minimum absolute atomic E-state index is 0.0357.